The number of hydrogen-bond donors (Lipinski definition) is 2. The molecule has 1 atom stereocenters. The molecule has 1 aliphatic heterocycles. The molecule has 0 bridgehead atoms. The van der Waals surface area contributed by atoms with Crippen molar-refractivity contribution >= 4 is 18.2 Å². The molecule has 2 aromatic rings. The quantitative estimate of drug-likeness (QED) is 0.248. The number of amides is 3. The molecular weight excluding hydrogens is 500 g/mol. The van der Waals surface area contributed by atoms with Gasteiger partial charge >= 0.3 is 0 Å². The number of nitrogens with one attached hydrogen (secondary N) is 2. The van der Waals surface area contributed by atoms with Gasteiger partial charge in [-0.25, -0.2) is 0 Å². The Kier molecular flexibility index (Phi) is 14.7. The van der Waals surface area contributed by atoms with Gasteiger partial charge in [0.05, 0.1) is 0 Å². The van der Waals surface area contributed by atoms with E-state index in [9.17, 15) is 9.59 Å². The number of rotatable bonds is 14. The van der Waals surface area contributed by atoms with Gasteiger partial charge in [0, 0.05) is 45.4 Å². The van der Waals surface area contributed by atoms with E-state index >= 15 is 0 Å². The van der Waals surface area contributed by atoms with Gasteiger partial charge in [-0.3, -0.25) is 14.4 Å². The van der Waals surface area contributed by atoms with Crippen LogP contribution < -0.4 is 10.6 Å². The zero-order valence-electron chi connectivity index (χ0n) is 25.0. The Labute approximate surface area is 241 Å². The number of carbonyl (C=O) groups is 3. The molecule has 0 fully saturated rings. The highest BCUT2D eigenvalue weighted by molar-refractivity contribution is 5.99. The van der Waals surface area contributed by atoms with Crippen LogP contribution in [0.15, 0.2) is 60.3 Å². The van der Waals surface area contributed by atoms with Crippen molar-refractivity contribution in [2.45, 2.75) is 78.3 Å². The minimum absolute atomic E-state index is 0.00606. The molecule has 0 saturated heterocycles. The second-order valence-electron chi connectivity index (χ2n) is 10.4. The number of nitrogens with zero attached hydrogens (tertiary/aromatic N) is 2. The van der Waals surface area contributed by atoms with E-state index in [-0.39, 0.29) is 11.8 Å². The summed E-state index contributed by atoms with van der Waals surface area (Å²) in [5.41, 5.74) is 5.29. The minimum Gasteiger partial charge on any atom is -0.362 e. The Morgan fingerprint density at radius 3 is 2.25 bits per heavy atom. The maximum absolute atomic E-state index is 13.4. The fourth-order valence-corrected chi connectivity index (χ4v) is 4.69. The summed E-state index contributed by atoms with van der Waals surface area (Å²) in [5.74, 6) is -0.0723. The van der Waals surface area contributed by atoms with Gasteiger partial charge in [-0.05, 0) is 54.6 Å². The lowest BCUT2D eigenvalue weighted by atomic mass is 9.98. The van der Waals surface area contributed by atoms with Gasteiger partial charge in [0.2, 0.25) is 12.3 Å². The van der Waals surface area contributed by atoms with Crippen LogP contribution in [0, 0.1) is 0 Å². The molecule has 40 heavy (non-hydrogen) atoms. The molecule has 3 rings (SSSR count). The molecule has 218 valence electrons. The number of likely N-dealkylation sites (N-methyl/N-ethyl adjacent to an activating group) is 1. The third-order valence-corrected chi connectivity index (χ3v) is 7.09. The summed E-state index contributed by atoms with van der Waals surface area (Å²) in [7, 11) is 3.31. The van der Waals surface area contributed by atoms with Crippen molar-refractivity contribution < 1.29 is 14.4 Å². The Bertz CT molecular complexity index is 1100. The Morgan fingerprint density at radius 2 is 1.60 bits per heavy atom. The first-order valence-corrected chi connectivity index (χ1v) is 14.6. The van der Waals surface area contributed by atoms with E-state index in [0.29, 0.717) is 24.9 Å². The van der Waals surface area contributed by atoms with Crippen LogP contribution in [-0.4, -0.2) is 61.3 Å². The van der Waals surface area contributed by atoms with Gasteiger partial charge in [-0.2, -0.15) is 0 Å². The van der Waals surface area contributed by atoms with Crippen LogP contribution in [-0.2, 0) is 27.3 Å². The molecule has 2 aromatic carbocycles. The smallest absolute Gasteiger partial charge is 0.251 e. The highest BCUT2D eigenvalue weighted by Crippen LogP contribution is 2.24. The summed E-state index contributed by atoms with van der Waals surface area (Å²) in [6, 6.07) is 16.5. The summed E-state index contributed by atoms with van der Waals surface area (Å²) < 4.78 is 0. The molecule has 0 spiro atoms. The first-order valence-electron chi connectivity index (χ1n) is 14.6. The third kappa shape index (κ3) is 10.3. The topological polar surface area (TPSA) is 81.8 Å². The zero-order chi connectivity index (χ0) is 29.3. The van der Waals surface area contributed by atoms with Crippen LogP contribution in [0.1, 0.15) is 70.4 Å². The standard InChI is InChI=1S/C31H43N3O2.C2H5NO/c1-5-7-9-10-19-34-23-24(3)30(35)33(4)29(31(34)36)21-25-14-16-27(17-15-25)28-13-11-12-26(20-28)22-32-18-8-6-2;1-3-2-4/h11-17,20,23,29,32H,5-10,18-19,21-22H2,1-4H3;2H,1H3,(H,3,4)/t29-;/m0./s1. The summed E-state index contributed by atoms with van der Waals surface area (Å²) in [4.78, 5) is 38.8. The predicted molar refractivity (Wildman–Crippen MR) is 163 cm³/mol. The summed E-state index contributed by atoms with van der Waals surface area (Å²) in [5, 5.41) is 5.76. The average Bonchev–Trinajstić information content (AvgIpc) is 3.05. The van der Waals surface area contributed by atoms with Crippen LogP contribution in [0.3, 0.4) is 0 Å². The highest BCUT2D eigenvalue weighted by Gasteiger charge is 2.33. The fraction of sp³-hybridized carbons (Fsp3) is 0.485. The van der Waals surface area contributed by atoms with E-state index in [0.717, 1.165) is 49.9 Å². The van der Waals surface area contributed by atoms with Crippen molar-refractivity contribution in [3.63, 3.8) is 0 Å². The molecule has 2 N–H and O–H groups in total. The van der Waals surface area contributed by atoms with Gasteiger partial charge in [-0.1, -0.05) is 82.0 Å². The SMILES string of the molecule is CCCCCCN1C=C(C)C(=O)N(C)[C@@H](Cc2ccc(-c3cccc(CNCCCC)c3)cc2)C1=O.CNC=O. The second kappa shape index (κ2) is 18.0. The van der Waals surface area contributed by atoms with Crippen molar-refractivity contribution in [1.29, 1.82) is 0 Å². The van der Waals surface area contributed by atoms with E-state index in [1.165, 1.54) is 24.0 Å². The van der Waals surface area contributed by atoms with E-state index in [1.54, 1.807) is 37.0 Å². The second-order valence-corrected chi connectivity index (χ2v) is 10.4. The molecule has 3 amide bonds. The molecule has 7 nitrogen and oxygen atoms in total. The minimum atomic E-state index is -0.499. The number of unbranched alkanes of at least 4 members (excludes halogenated alkanes) is 4. The molecular formula is C33H48N4O3. The zero-order valence-corrected chi connectivity index (χ0v) is 25.0. The maximum atomic E-state index is 13.4. The van der Waals surface area contributed by atoms with Crippen LogP contribution in [0.5, 0.6) is 0 Å². The molecule has 7 heteroatoms. The van der Waals surface area contributed by atoms with E-state index < -0.39 is 6.04 Å². The largest absolute Gasteiger partial charge is 0.362 e. The molecule has 0 radical (unpaired) electrons. The number of benzene rings is 2. The predicted octanol–water partition coefficient (Wildman–Crippen LogP) is 5.30. The highest BCUT2D eigenvalue weighted by atomic mass is 16.2. The molecule has 1 aliphatic rings. The Balaban J connectivity index is 0.00000131. The van der Waals surface area contributed by atoms with Gasteiger partial charge in [0.15, 0.2) is 0 Å². The van der Waals surface area contributed by atoms with Gasteiger partial charge in [0.1, 0.15) is 6.04 Å². The summed E-state index contributed by atoms with van der Waals surface area (Å²) in [6.07, 6.45) is 9.64. The summed E-state index contributed by atoms with van der Waals surface area (Å²) in [6.45, 7) is 8.76. The third-order valence-electron chi connectivity index (χ3n) is 7.09. The van der Waals surface area contributed by atoms with Crippen LogP contribution in [0.4, 0.5) is 0 Å². The molecule has 1 heterocycles. The first kappa shape index (κ1) is 32.8. The van der Waals surface area contributed by atoms with Crippen LogP contribution in [0.2, 0.25) is 0 Å². The Morgan fingerprint density at radius 1 is 0.900 bits per heavy atom. The first-order chi connectivity index (χ1) is 19.4. The Hall–Kier alpha value is -3.45. The van der Waals surface area contributed by atoms with E-state index in [4.69, 9.17) is 4.79 Å². The van der Waals surface area contributed by atoms with Gasteiger partial charge < -0.3 is 20.4 Å². The average molecular weight is 549 g/mol. The van der Waals surface area contributed by atoms with Crippen molar-refractivity contribution in [2.24, 2.45) is 0 Å². The lowest BCUT2D eigenvalue weighted by Crippen LogP contribution is -2.47. The molecule has 0 saturated carbocycles. The molecule has 0 unspecified atom stereocenters. The lowest BCUT2D eigenvalue weighted by molar-refractivity contribution is -0.139. The van der Waals surface area contributed by atoms with E-state index in [1.807, 2.05) is 0 Å². The molecule has 0 aliphatic carbocycles. The fourth-order valence-electron chi connectivity index (χ4n) is 4.69. The van der Waals surface area contributed by atoms with Crippen molar-refractivity contribution in [3.8, 4) is 11.1 Å². The lowest BCUT2D eigenvalue weighted by Gasteiger charge is -2.28. The molecule has 0 aromatic heterocycles. The van der Waals surface area contributed by atoms with Crippen molar-refractivity contribution in [1.82, 2.24) is 20.4 Å². The normalized spacial score (nSPS) is 15.2. The summed E-state index contributed by atoms with van der Waals surface area (Å²) >= 11 is 0. The monoisotopic (exact) mass is 548 g/mol. The van der Waals surface area contributed by atoms with Crippen LogP contribution >= 0.6 is 0 Å². The van der Waals surface area contributed by atoms with Crippen molar-refractivity contribution in [3.05, 3.63) is 71.4 Å². The van der Waals surface area contributed by atoms with E-state index in [2.05, 4.69) is 73.0 Å². The van der Waals surface area contributed by atoms with Gasteiger partial charge in [-0.15, -0.1) is 0 Å². The maximum Gasteiger partial charge on any atom is 0.251 e. The van der Waals surface area contributed by atoms with Crippen LogP contribution in [0.25, 0.3) is 11.1 Å². The number of hydrogen-bond acceptors (Lipinski definition) is 4. The number of carbonyl (C=O) groups excluding carboxylic acids is 3. The van der Waals surface area contributed by atoms with Crippen molar-refractivity contribution in [2.75, 3.05) is 27.2 Å². The van der Waals surface area contributed by atoms with Gasteiger partial charge in [0.25, 0.3) is 5.91 Å².